The van der Waals surface area contributed by atoms with Gasteiger partial charge in [-0.15, -0.1) is 11.8 Å². The van der Waals surface area contributed by atoms with Gasteiger partial charge in [-0.2, -0.15) is 0 Å². The van der Waals surface area contributed by atoms with Gasteiger partial charge in [0.1, 0.15) is 0 Å². The molecule has 2 heterocycles. The summed E-state index contributed by atoms with van der Waals surface area (Å²) in [7, 11) is 0. The number of hydrogen-bond acceptors (Lipinski definition) is 4. The van der Waals surface area contributed by atoms with Crippen LogP contribution < -0.4 is 0 Å². The van der Waals surface area contributed by atoms with Crippen LogP contribution in [0.15, 0.2) is 29.2 Å². The molecule has 1 N–H and O–H groups in total. The lowest BCUT2D eigenvalue weighted by atomic mass is 9.78. The van der Waals surface area contributed by atoms with Gasteiger partial charge in [0.15, 0.2) is 0 Å². The number of ether oxygens (including phenoxy) is 1. The van der Waals surface area contributed by atoms with Gasteiger partial charge < -0.3 is 14.7 Å². The molecule has 126 valence electrons. The number of piperidine rings is 1. The summed E-state index contributed by atoms with van der Waals surface area (Å²) in [5.41, 5.74) is -0.138. The van der Waals surface area contributed by atoms with Crippen LogP contribution in [0.5, 0.6) is 0 Å². The van der Waals surface area contributed by atoms with E-state index in [1.807, 2.05) is 42.3 Å². The molecule has 3 rings (SSSR count). The zero-order chi connectivity index (χ0) is 16.5. The largest absolute Gasteiger partial charge is 0.390 e. The minimum Gasteiger partial charge on any atom is -0.390 e. The molecule has 1 amide bonds. The van der Waals surface area contributed by atoms with Crippen LogP contribution in [0.4, 0.5) is 0 Å². The van der Waals surface area contributed by atoms with Crippen molar-refractivity contribution >= 4 is 17.7 Å². The SMILES string of the molecule is CSc1cccc(C(=O)N2CCC3(CC2)CC(C)(O)CCO3)c1. The van der Waals surface area contributed by atoms with Crippen molar-refractivity contribution in [3.05, 3.63) is 29.8 Å². The van der Waals surface area contributed by atoms with Gasteiger partial charge in [-0.3, -0.25) is 4.79 Å². The molecule has 1 aromatic carbocycles. The lowest BCUT2D eigenvalue weighted by Crippen LogP contribution is -2.54. The van der Waals surface area contributed by atoms with Crippen LogP contribution in [0.1, 0.15) is 43.0 Å². The van der Waals surface area contributed by atoms with Crippen LogP contribution >= 0.6 is 11.8 Å². The number of amides is 1. The summed E-state index contributed by atoms with van der Waals surface area (Å²) < 4.78 is 6.01. The Morgan fingerprint density at radius 1 is 1.30 bits per heavy atom. The molecule has 1 aromatic rings. The number of benzene rings is 1. The van der Waals surface area contributed by atoms with Crippen molar-refractivity contribution in [1.29, 1.82) is 0 Å². The van der Waals surface area contributed by atoms with Crippen LogP contribution in [0.2, 0.25) is 0 Å². The Morgan fingerprint density at radius 3 is 2.70 bits per heavy atom. The topological polar surface area (TPSA) is 49.8 Å². The Hall–Kier alpha value is -1.04. The quantitative estimate of drug-likeness (QED) is 0.844. The third-order valence-electron chi connectivity index (χ3n) is 5.03. The Morgan fingerprint density at radius 2 is 2.04 bits per heavy atom. The third kappa shape index (κ3) is 3.73. The van der Waals surface area contributed by atoms with Gasteiger partial charge in [0.25, 0.3) is 5.91 Å². The molecule has 1 atom stereocenters. The van der Waals surface area contributed by atoms with Crippen molar-refractivity contribution in [1.82, 2.24) is 4.90 Å². The van der Waals surface area contributed by atoms with Crippen LogP contribution in [-0.2, 0) is 4.74 Å². The zero-order valence-electron chi connectivity index (χ0n) is 13.9. The molecule has 0 aromatic heterocycles. The number of nitrogens with zero attached hydrogens (tertiary/aromatic N) is 1. The summed E-state index contributed by atoms with van der Waals surface area (Å²) in [6.07, 6.45) is 4.98. The first-order chi connectivity index (χ1) is 10.9. The molecule has 2 saturated heterocycles. The van der Waals surface area contributed by atoms with E-state index in [9.17, 15) is 9.90 Å². The van der Waals surface area contributed by atoms with Gasteiger partial charge in [-0.05, 0) is 50.6 Å². The summed E-state index contributed by atoms with van der Waals surface area (Å²) in [4.78, 5) is 15.7. The lowest BCUT2D eigenvalue weighted by Gasteiger charge is -2.48. The molecular formula is C18H25NO3S. The molecule has 0 aliphatic carbocycles. The fourth-order valence-corrected chi connectivity index (χ4v) is 4.16. The second kappa shape index (κ2) is 6.46. The highest BCUT2D eigenvalue weighted by molar-refractivity contribution is 7.98. The molecule has 0 bridgehead atoms. The number of aliphatic hydroxyl groups is 1. The number of carbonyl (C=O) groups is 1. The molecule has 2 aliphatic rings. The summed E-state index contributed by atoms with van der Waals surface area (Å²) in [6, 6.07) is 7.80. The maximum atomic E-state index is 12.7. The highest BCUT2D eigenvalue weighted by Crippen LogP contribution is 2.39. The number of thioether (sulfide) groups is 1. The molecule has 2 fully saturated rings. The van der Waals surface area contributed by atoms with E-state index in [1.54, 1.807) is 11.8 Å². The smallest absolute Gasteiger partial charge is 0.253 e. The van der Waals surface area contributed by atoms with Crippen molar-refractivity contribution in [2.24, 2.45) is 0 Å². The van der Waals surface area contributed by atoms with Gasteiger partial charge in [0.05, 0.1) is 17.8 Å². The molecule has 2 aliphatic heterocycles. The molecule has 1 spiro atoms. The van der Waals surface area contributed by atoms with Crippen LogP contribution in [-0.4, -0.2) is 53.1 Å². The maximum absolute atomic E-state index is 12.7. The van der Waals surface area contributed by atoms with E-state index in [0.29, 0.717) is 32.5 Å². The standard InChI is InChI=1S/C18H25NO3S/c1-17(21)8-11-22-18(13-17)6-9-19(10-7-18)16(20)14-4-3-5-15(12-14)23-2/h3-5,12,21H,6-11,13H2,1-2H3. The average Bonchev–Trinajstić information content (AvgIpc) is 2.54. The molecule has 0 saturated carbocycles. The van der Waals surface area contributed by atoms with Gasteiger partial charge >= 0.3 is 0 Å². The molecule has 1 unspecified atom stereocenters. The fraction of sp³-hybridized carbons (Fsp3) is 0.611. The average molecular weight is 335 g/mol. The Bertz CT molecular complexity index is 579. The van der Waals surface area contributed by atoms with Gasteiger partial charge in [0.2, 0.25) is 0 Å². The summed E-state index contributed by atoms with van der Waals surface area (Å²) in [5.74, 6) is 0.0957. The van der Waals surface area contributed by atoms with Gasteiger partial charge in [0, 0.05) is 30.0 Å². The van der Waals surface area contributed by atoms with E-state index < -0.39 is 5.60 Å². The van der Waals surface area contributed by atoms with Gasteiger partial charge in [-0.25, -0.2) is 0 Å². The molecular weight excluding hydrogens is 310 g/mol. The zero-order valence-corrected chi connectivity index (χ0v) is 14.7. The Labute approximate surface area is 142 Å². The predicted octanol–water partition coefficient (Wildman–Crippen LogP) is 2.94. The molecule has 5 heteroatoms. The van der Waals surface area contributed by atoms with Crippen molar-refractivity contribution in [3.8, 4) is 0 Å². The fourth-order valence-electron chi connectivity index (χ4n) is 3.70. The third-order valence-corrected chi connectivity index (χ3v) is 5.76. The van der Waals surface area contributed by atoms with E-state index in [4.69, 9.17) is 4.74 Å². The van der Waals surface area contributed by atoms with Crippen molar-refractivity contribution in [2.75, 3.05) is 26.0 Å². The molecule has 23 heavy (non-hydrogen) atoms. The van der Waals surface area contributed by atoms with Crippen LogP contribution in [0, 0.1) is 0 Å². The van der Waals surface area contributed by atoms with Gasteiger partial charge in [-0.1, -0.05) is 6.07 Å². The Balaban J connectivity index is 1.65. The first kappa shape index (κ1) is 16.8. The highest BCUT2D eigenvalue weighted by Gasteiger charge is 2.44. The van der Waals surface area contributed by atoms with E-state index >= 15 is 0 Å². The lowest BCUT2D eigenvalue weighted by molar-refractivity contribution is -0.170. The van der Waals surface area contributed by atoms with Crippen LogP contribution in [0.25, 0.3) is 0 Å². The Kier molecular flexibility index (Phi) is 4.72. The van der Waals surface area contributed by atoms with Crippen molar-refractivity contribution < 1.29 is 14.6 Å². The summed E-state index contributed by atoms with van der Waals surface area (Å²) in [6.45, 7) is 3.89. The van der Waals surface area contributed by atoms with E-state index in [2.05, 4.69) is 0 Å². The minimum atomic E-state index is -0.642. The first-order valence-electron chi connectivity index (χ1n) is 8.23. The summed E-state index contributed by atoms with van der Waals surface area (Å²) >= 11 is 1.65. The number of likely N-dealkylation sites (tertiary alicyclic amines) is 1. The van der Waals surface area contributed by atoms with E-state index in [0.717, 1.165) is 23.3 Å². The van der Waals surface area contributed by atoms with E-state index in [-0.39, 0.29) is 11.5 Å². The minimum absolute atomic E-state index is 0.0957. The monoisotopic (exact) mass is 335 g/mol. The highest BCUT2D eigenvalue weighted by atomic mass is 32.2. The van der Waals surface area contributed by atoms with E-state index in [1.165, 1.54) is 0 Å². The molecule has 4 nitrogen and oxygen atoms in total. The second-order valence-corrected chi connectivity index (χ2v) is 7.86. The first-order valence-corrected chi connectivity index (χ1v) is 9.45. The number of hydrogen-bond donors (Lipinski definition) is 1. The molecule has 0 radical (unpaired) electrons. The van der Waals surface area contributed by atoms with Crippen molar-refractivity contribution in [2.45, 2.75) is 48.7 Å². The normalized spacial score (nSPS) is 27.2. The predicted molar refractivity (Wildman–Crippen MR) is 91.9 cm³/mol. The van der Waals surface area contributed by atoms with Crippen LogP contribution in [0.3, 0.4) is 0 Å². The summed E-state index contributed by atoms with van der Waals surface area (Å²) in [5, 5.41) is 10.3. The van der Waals surface area contributed by atoms with Crippen molar-refractivity contribution in [3.63, 3.8) is 0 Å². The second-order valence-electron chi connectivity index (χ2n) is 6.98. The number of carbonyl (C=O) groups excluding carboxylic acids is 1. The number of rotatable bonds is 2. The maximum Gasteiger partial charge on any atom is 0.253 e.